The molecule has 0 atom stereocenters. The summed E-state index contributed by atoms with van der Waals surface area (Å²) in [4.78, 5) is 27.4. The average molecular weight is 781 g/mol. The van der Waals surface area contributed by atoms with Crippen LogP contribution < -0.4 is 14.8 Å². The fourth-order valence-corrected chi connectivity index (χ4v) is 8.05. The van der Waals surface area contributed by atoms with Crippen molar-refractivity contribution >= 4 is 22.9 Å². The smallest absolute Gasteiger partial charge is 0.410 e. The number of carbonyl (C=O) groups is 2. The predicted octanol–water partition coefficient (Wildman–Crippen LogP) is 10.00. The molecule has 2 heterocycles. The molecule has 298 valence electrons. The van der Waals surface area contributed by atoms with Crippen molar-refractivity contribution < 1.29 is 37.0 Å². The van der Waals surface area contributed by atoms with Crippen LogP contribution >= 0.6 is 0 Å². The number of benzene rings is 4. The largest absolute Gasteiger partial charge is 0.497 e. The SMILES string of the molecule is COc1ccc(COc2c(F)cc(C(=O)NCC3CCC(n4nc5cc(-c6ccc7c(c6)CN(C(=O)OC(C)(C)C)C7)ccc5c4C4CC4)CC3)c(F)c2F)cc1. The second-order valence-corrected chi connectivity index (χ2v) is 16.5. The van der Waals surface area contributed by atoms with E-state index in [1.165, 1.54) is 18.2 Å². The van der Waals surface area contributed by atoms with Crippen LogP contribution in [0.2, 0.25) is 0 Å². The van der Waals surface area contributed by atoms with Gasteiger partial charge in [-0.25, -0.2) is 13.6 Å². The average Bonchev–Trinajstić information content (AvgIpc) is 3.82. The van der Waals surface area contributed by atoms with Crippen molar-refractivity contribution in [3.05, 3.63) is 112 Å². The van der Waals surface area contributed by atoms with Crippen LogP contribution in [0.4, 0.5) is 18.0 Å². The maximum atomic E-state index is 15.1. The van der Waals surface area contributed by atoms with Crippen molar-refractivity contribution in [3.63, 3.8) is 0 Å². The standard InChI is InChI=1S/C45H47F3N4O5/c1-45(2,3)57-44(54)51-23-31-12-11-29(19-32(31)24-51)30-13-18-35-38(20-30)50-52(41(35)28-9-10-28)33-14-5-26(6-15-33)22-49-43(53)36-21-37(46)42(40(48)39(36)47)56-25-27-7-16-34(55-4)17-8-27/h7-8,11-13,16-21,26,28,33H,5-6,9-10,14-15,22-25H2,1-4H3,(H,49,53). The number of hydrogen-bond acceptors (Lipinski definition) is 6. The van der Waals surface area contributed by atoms with E-state index in [-0.39, 0.29) is 31.2 Å². The normalized spacial score (nSPS) is 18.1. The van der Waals surface area contributed by atoms with E-state index >= 15 is 4.39 Å². The summed E-state index contributed by atoms with van der Waals surface area (Å²) in [5.74, 6) is -4.68. The summed E-state index contributed by atoms with van der Waals surface area (Å²) in [6.07, 6.45) is 5.31. The summed E-state index contributed by atoms with van der Waals surface area (Å²) in [7, 11) is 1.52. The van der Waals surface area contributed by atoms with Gasteiger partial charge >= 0.3 is 6.09 Å². The maximum absolute atomic E-state index is 15.1. The second-order valence-electron chi connectivity index (χ2n) is 16.5. The lowest BCUT2D eigenvalue weighted by Gasteiger charge is -2.30. The van der Waals surface area contributed by atoms with Crippen LogP contribution in [0, 0.1) is 23.4 Å². The second kappa shape index (κ2) is 15.4. The molecule has 2 fully saturated rings. The number of nitrogens with one attached hydrogen (secondary N) is 1. The molecule has 0 unspecified atom stereocenters. The molecule has 2 amide bonds. The molecule has 5 aromatic rings. The molecule has 1 aliphatic heterocycles. The summed E-state index contributed by atoms with van der Waals surface area (Å²) in [6, 6.07) is 20.4. The van der Waals surface area contributed by atoms with Crippen LogP contribution in [0.1, 0.15) is 104 Å². The van der Waals surface area contributed by atoms with Crippen molar-refractivity contribution in [1.82, 2.24) is 20.0 Å². The van der Waals surface area contributed by atoms with Crippen molar-refractivity contribution in [2.24, 2.45) is 5.92 Å². The van der Waals surface area contributed by atoms with Crippen LogP contribution in [0.3, 0.4) is 0 Å². The Bertz CT molecular complexity index is 2320. The summed E-state index contributed by atoms with van der Waals surface area (Å²) in [6.45, 7) is 6.72. The molecule has 0 bridgehead atoms. The van der Waals surface area contributed by atoms with Crippen LogP contribution in [0.25, 0.3) is 22.0 Å². The zero-order valence-electron chi connectivity index (χ0n) is 32.7. The van der Waals surface area contributed by atoms with Gasteiger partial charge in [-0.15, -0.1) is 0 Å². The molecule has 0 radical (unpaired) electrons. The third-order valence-electron chi connectivity index (χ3n) is 11.2. The Morgan fingerprint density at radius 2 is 1.54 bits per heavy atom. The van der Waals surface area contributed by atoms with Gasteiger partial charge in [0.05, 0.1) is 24.2 Å². The van der Waals surface area contributed by atoms with E-state index in [4.69, 9.17) is 19.3 Å². The third-order valence-corrected chi connectivity index (χ3v) is 11.2. The number of amides is 2. The molecular formula is C45H47F3N4O5. The molecule has 57 heavy (non-hydrogen) atoms. The summed E-state index contributed by atoms with van der Waals surface area (Å²) < 4.78 is 63.1. The van der Waals surface area contributed by atoms with E-state index in [0.29, 0.717) is 36.4 Å². The van der Waals surface area contributed by atoms with E-state index < -0.39 is 40.3 Å². The Morgan fingerprint density at radius 1 is 0.842 bits per heavy atom. The number of carbonyl (C=O) groups excluding carboxylic acids is 2. The number of hydrogen-bond donors (Lipinski definition) is 1. The first-order chi connectivity index (χ1) is 27.3. The number of methoxy groups -OCH3 is 1. The number of nitrogens with zero attached hydrogens (tertiary/aromatic N) is 3. The summed E-state index contributed by atoms with van der Waals surface area (Å²) in [5, 5.41) is 9.07. The lowest BCUT2D eigenvalue weighted by Crippen LogP contribution is -2.33. The van der Waals surface area contributed by atoms with Gasteiger partial charge in [-0.3, -0.25) is 14.4 Å². The van der Waals surface area contributed by atoms with E-state index in [1.54, 1.807) is 29.2 Å². The first-order valence-corrected chi connectivity index (χ1v) is 19.7. The van der Waals surface area contributed by atoms with E-state index in [2.05, 4.69) is 46.4 Å². The minimum absolute atomic E-state index is 0.127. The molecule has 2 saturated carbocycles. The zero-order valence-corrected chi connectivity index (χ0v) is 32.7. The molecule has 12 heteroatoms. The third kappa shape index (κ3) is 8.17. The van der Waals surface area contributed by atoms with Gasteiger partial charge in [-0.1, -0.05) is 36.4 Å². The lowest BCUT2D eigenvalue weighted by molar-refractivity contribution is 0.0241. The van der Waals surface area contributed by atoms with Gasteiger partial charge in [-0.2, -0.15) is 9.49 Å². The number of fused-ring (bicyclic) bond motifs is 2. The monoisotopic (exact) mass is 780 g/mol. The van der Waals surface area contributed by atoms with Crippen LogP contribution in [-0.2, 0) is 24.4 Å². The van der Waals surface area contributed by atoms with Gasteiger partial charge < -0.3 is 19.5 Å². The fourth-order valence-electron chi connectivity index (χ4n) is 8.05. The van der Waals surface area contributed by atoms with E-state index in [0.717, 1.165) is 66.3 Å². The van der Waals surface area contributed by atoms with Gasteiger partial charge in [-0.05, 0) is 123 Å². The van der Waals surface area contributed by atoms with E-state index in [1.807, 2.05) is 20.8 Å². The summed E-state index contributed by atoms with van der Waals surface area (Å²) in [5.41, 5.74) is 5.98. The fraction of sp³-hybridized carbons (Fsp3) is 0.400. The quantitative estimate of drug-likeness (QED) is 0.142. The van der Waals surface area contributed by atoms with Crippen molar-refractivity contribution in [3.8, 4) is 22.6 Å². The molecule has 4 aromatic carbocycles. The molecule has 0 saturated heterocycles. The minimum Gasteiger partial charge on any atom is -0.497 e. The van der Waals surface area contributed by atoms with Gasteiger partial charge in [0.15, 0.2) is 17.4 Å². The van der Waals surface area contributed by atoms with Crippen LogP contribution in [0.15, 0.2) is 66.7 Å². The van der Waals surface area contributed by atoms with Crippen LogP contribution in [0.5, 0.6) is 11.5 Å². The Labute approximate surface area is 330 Å². The first kappa shape index (κ1) is 38.4. The zero-order chi connectivity index (χ0) is 40.0. The molecule has 1 aromatic heterocycles. The lowest BCUT2D eigenvalue weighted by atomic mass is 9.85. The Balaban J connectivity index is 0.894. The highest BCUT2D eigenvalue weighted by molar-refractivity contribution is 5.94. The van der Waals surface area contributed by atoms with Crippen molar-refractivity contribution in [2.75, 3.05) is 13.7 Å². The number of halogens is 3. The minimum atomic E-state index is -1.54. The Morgan fingerprint density at radius 3 is 2.25 bits per heavy atom. The first-order valence-electron chi connectivity index (χ1n) is 19.7. The highest BCUT2D eigenvalue weighted by Gasteiger charge is 2.34. The number of rotatable bonds is 10. The molecular weight excluding hydrogens is 734 g/mol. The van der Waals surface area contributed by atoms with Gasteiger partial charge in [0.25, 0.3) is 5.91 Å². The van der Waals surface area contributed by atoms with Crippen LogP contribution in [-0.4, -0.2) is 45.9 Å². The van der Waals surface area contributed by atoms with Crippen molar-refractivity contribution in [2.45, 2.75) is 96.6 Å². The van der Waals surface area contributed by atoms with Gasteiger partial charge in [0, 0.05) is 36.6 Å². The number of ether oxygens (including phenoxy) is 3. The van der Waals surface area contributed by atoms with Crippen molar-refractivity contribution in [1.29, 1.82) is 0 Å². The Kier molecular flexibility index (Phi) is 10.4. The summed E-state index contributed by atoms with van der Waals surface area (Å²) >= 11 is 0. The number of aromatic nitrogens is 2. The topological polar surface area (TPSA) is 94.9 Å². The molecule has 0 spiro atoms. The molecule has 9 nitrogen and oxygen atoms in total. The predicted molar refractivity (Wildman–Crippen MR) is 210 cm³/mol. The van der Waals surface area contributed by atoms with Gasteiger partial charge in [0.1, 0.15) is 18.0 Å². The van der Waals surface area contributed by atoms with Gasteiger partial charge in [0.2, 0.25) is 5.82 Å². The molecule has 1 N–H and O–H groups in total. The molecule has 2 aliphatic carbocycles. The Hall–Kier alpha value is -5.52. The highest BCUT2D eigenvalue weighted by atomic mass is 19.2. The highest BCUT2D eigenvalue weighted by Crippen LogP contribution is 2.46. The molecule has 8 rings (SSSR count). The maximum Gasteiger partial charge on any atom is 0.410 e. The molecule has 3 aliphatic rings. The van der Waals surface area contributed by atoms with E-state index in [9.17, 15) is 18.4 Å².